The summed E-state index contributed by atoms with van der Waals surface area (Å²) in [6.45, 7) is 8.33. The van der Waals surface area contributed by atoms with E-state index in [-0.39, 0.29) is 17.6 Å². The SMILES string of the molecule is [C-]#[N+]c1ccc(-c2cc(C(=O)N3CCC[C@@H](N)C3)sc2-c2ccc3nccn3c2)cc1F. The van der Waals surface area contributed by atoms with E-state index in [1.165, 1.54) is 23.5 Å². The number of rotatable bonds is 3. The molecular formula is C24H20FN5OS. The minimum absolute atomic E-state index is 0.00878. The molecule has 0 saturated carbocycles. The van der Waals surface area contributed by atoms with Crippen LogP contribution in [-0.2, 0) is 0 Å². The fraction of sp³-hybridized carbons (Fsp3) is 0.208. The summed E-state index contributed by atoms with van der Waals surface area (Å²) in [6.07, 6.45) is 7.34. The molecule has 0 radical (unpaired) electrons. The highest BCUT2D eigenvalue weighted by Crippen LogP contribution is 2.41. The van der Waals surface area contributed by atoms with E-state index >= 15 is 0 Å². The number of benzene rings is 1. The van der Waals surface area contributed by atoms with Gasteiger partial charge in [0.25, 0.3) is 5.91 Å². The summed E-state index contributed by atoms with van der Waals surface area (Å²) in [6, 6.07) is 10.2. The molecule has 6 nitrogen and oxygen atoms in total. The van der Waals surface area contributed by atoms with Gasteiger partial charge in [-0.3, -0.25) is 4.79 Å². The number of carbonyl (C=O) groups is 1. The molecule has 1 aliphatic heterocycles. The zero-order chi connectivity index (χ0) is 22.2. The molecule has 1 saturated heterocycles. The lowest BCUT2D eigenvalue weighted by atomic mass is 10.0. The Hall–Kier alpha value is -3.54. The van der Waals surface area contributed by atoms with Gasteiger partial charge in [-0.25, -0.2) is 14.2 Å². The molecule has 0 aliphatic carbocycles. The first-order chi connectivity index (χ1) is 15.5. The van der Waals surface area contributed by atoms with E-state index in [0.717, 1.165) is 34.5 Å². The minimum atomic E-state index is -0.574. The minimum Gasteiger partial charge on any atom is -0.336 e. The quantitative estimate of drug-likeness (QED) is 0.452. The number of carbonyl (C=O) groups excluding carboxylic acids is 1. The van der Waals surface area contributed by atoms with Gasteiger partial charge in [0.05, 0.1) is 11.4 Å². The molecule has 1 fully saturated rings. The molecule has 4 heterocycles. The Balaban J connectivity index is 1.62. The lowest BCUT2D eigenvalue weighted by Crippen LogP contribution is -2.45. The summed E-state index contributed by atoms with van der Waals surface area (Å²) >= 11 is 1.39. The monoisotopic (exact) mass is 445 g/mol. The molecular weight excluding hydrogens is 425 g/mol. The average molecular weight is 446 g/mol. The van der Waals surface area contributed by atoms with Crippen LogP contribution in [0.25, 0.3) is 32.1 Å². The molecule has 2 N–H and O–H groups in total. The number of hydrogen-bond donors (Lipinski definition) is 1. The summed E-state index contributed by atoms with van der Waals surface area (Å²) in [7, 11) is 0. The van der Waals surface area contributed by atoms with Crippen molar-refractivity contribution in [1.82, 2.24) is 14.3 Å². The van der Waals surface area contributed by atoms with Crippen molar-refractivity contribution in [2.45, 2.75) is 18.9 Å². The molecule has 3 aromatic heterocycles. The maximum Gasteiger partial charge on any atom is 0.264 e. The van der Waals surface area contributed by atoms with Crippen molar-refractivity contribution >= 4 is 28.6 Å². The molecule has 1 aromatic carbocycles. The van der Waals surface area contributed by atoms with Crippen molar-refractivity contribution < 1.29 is 9.18 Å². The highest BCUT2D eigenvalue weighted by molar-refractivity contribution is 7.18. The number of fused-ring (bicyclic) bond motifs is 1. The fourth-order valence-corrected chi connectivity index (χ4v) is 5.23. The summed E-state index contributed by atoms with van der Waals surface area (Å²) in [4.78, 5) is 24.0. The number of piperidine rings is 1. The Labute approximate surface area is 188 Å². The number of aromatic nitrogens is 2. The van der Waals surface area contributed by atoms with Gasteiger partial charge in [-0.1, -0.05) is 12.1 Å². The van der Waals surface area contributed by atoms with Crippen LogP contribution >= 0.6 is 11.3 Å². The number of halogens is 1. The molecule has 1 aliphatic rings. The second-order valence-electron chi connectivity index (χ2n) is 7.90. The second kappa shape index (κ2) is 8.19. The molecule has 1 amide bonds. The summed E-state index contributed by atoms with van der Waals surface area (Å²) in [5.41, 5.74) is 9.16. The van der Waals surface area contributed by atoms with Gasteiger partial charge in [-0.15, -0.1) is 11.3 Å². The molecule has 32 heavy (non-hydrogen) atoms. The van der Waals surface area contributed by atoms with Crippen molar-refractivity contribution in [2.75, 3.05) is 13.1 Å². The first-order valence-corrected chi connectivity index (χ1v) is 11.1. The largest absolute Gasteiger partial charge is 0.336 e. The van der Waals surface area contributed by atoms with E-state index < -0.39 is 5.82 Å². The zero-order valence-corrected chi connectivity index (χ0v) is 18.0. The highest BCUT2D eigenvalue weighted by atomic mass is 32.1. The van der Waals surface area contributed by atoms with Gasteiger partial charge in [0, 0.05) is 53.7 Å². The van der Waals surface area contributed by atoms with Crippen molar-refractivity contribution in [2.24, 2.45) is 5.73 Å². The maximum atomic E-state index is 14.4. The number of likely N-dealkylation sites (tertiary alicyclic amines) is 1. The molecule has 0 bridgehead atoms. The standard InChI is InChI=1S/C24H20FN5OS/c1-27-20-6-4-15(11-19(20)25)18-12-21(24(31)30-9-2-3-17(26)14-30)32-23(18)16-5-7-22-28-8-10-29(22)13-16/h4-8,10-13,17H,2-3,9,14,26H2/t17-/m1/s1. The van der Waals surface area contributed by atoms with E-state index in [1.54, 1.807) is 17.2 Å². The summed E-state index contributed by atoms with van der Waals surface area (Å²) < 4.78 is 16.3. The van der Waals surface area contributed by atoms with Crippen LogP contribution in [0.2, 0.25) is 0 Å². The third kappa shape index (κ3) is 3.66. The van der Waals surface area contributed by atoms with Gasteiger partial charge in [0.2, 0.25) is 5.69 Å². The highest BCUT2D eigenvalue weighted by Gasteiger charge is 2.25. The van der Waals surface area contributed by atoms with Gasteiger partial charge in [0.1, 0.15) is 11.5 Å². The lowest BCUT2D eigenvalue weighted by molar-refractivity contribution is 0.0714. The van der Waals surface area contributed by atoms with Crippen LogP contribution in [0.15, 0.2) is 55.0 Å². The maximum absolute atomic E-state index is 14.4. The fourth-order valence-electron chi connectivity index (χ4n) is 4.10. The second-order valence-corrected chi connectivity index (χ2v) is 8.95. The molecule has 0 unspecified atom stereocenters. The first kappa shape index (κ1) is 20.4. The van der Waals surface area contributed by atoms with Gasteiger partial charge >= 0.3 is 0 Å². The van der Waals surface area contributed by atoms with Crippen LogP contribution in [0, 0.1) is 12.4 Å². The smallest absolute Gasteiger partial charge is 0.264 e. The van der Waals surface area contributed by atoms with Gasteiger partial charge < -0.3 is 15.0 Å². The third-order valence-corrected chi connectivity index (χ3v) is 6.89. The number of hydrogen-bond acceptors (Lipinski definition) is 4. The Morgan fingerprint density at radius 2 is 2.09 bits per heavy atom. The summed E-state index contributed by atoms with van der Waals surface area (Å²) in [5, 5.41) is 0. The van der Waals surface area contributed by atoms with Crippen molar-refractivity contribution in [3.63, 3.8) is 0 Å². The van der Waals surface area contributed by atoms with Gasteiger partial charge in [-0.2, -0.15) is 0 Å². The van der Waals surface area contributed by atoms with E-state index in [4.69, 9.17) is 12.3 Å². The lowest BCUT2D eigenvalue weighted by Gasteiger charge is -2.30. The predicted molar refractivity (Wildman–Crippen MR) is 123 cm³/mol. The first-order valence-electron chi connectivity index (χ1n) is 10.3. The van der Waals surface area contributed by atoms with Crippen molar-refractivity contribution in [3.05, 3.63) is 77.1 Å². The molecule has 0 spiro atoms. The van der Waals surface area contributed by atoms with Crippen molar-refractivity contribution in [1.29, 1.82) is 0 Å². The Morgan fingerprint density at radius 1 is 1.25 bits per heavy atom. The number of amides is 1. The molecule has 4 aromatic rings. The number of nitrogens with two attached hydrogens (primary N) is 1. The van der Waals surface area contributed by atoms with Crippen LogP contribution in [0.4, 0.5) is 10.1 Å². The predicted octanol–water partition coefficient (Wildman–Crippen LogP) is 4.98. The molecule has 8 heteroatoms. The molecule has 160 valence electrons. The van der Waals surface area contributed by atoms with E-state index in [1.807, 2.05) is 35.0 Å². The third-order valence-electron chi connectivity index (χ3n) is 5.72. The van der Waals surface area contributed by atoms with E-state index in [2.05, 4.69) is 9.83 Å². The van der Waals surface area contributed by atoms with Crippen LogP contribution in [-0.4, -0.2) is 39.3 Å². The zero-order valence-electron chi connectivity index (χ0n) is 17.2. The average Bonchev–Trinajstić information content (AvgIpc) is 3.45. The van der Waals surface area contributed by atoms with Crippen LogP contribution in [0.5, 0.6) is 0 Å². The normalized spacial score (nSPS) is 16.3. The van der Waals surface area contributed by atoms with Crippen LogP contribution < -0.4 is 5.73 Å². The van der Waals surface area contributed by atoms with Gasteiger partial charge in [-0.05, 0) is 42.7 Å². The molecule has 5 rings (SSSR count). The topological polar surface area (TPSA) is 68.0 Å². The molecule has 1 atom stereocenters. The number of nitrogens with zero attached hydrogens (tertiary/aromatic N) is 4. The summed E-state index contributed by atoms with van der Waals surface area (Å²) in [5.74, 6) is -0.630. The van der Waals surface area contributed by atoms with Crippen LogP contribution in [0.3, 0.4) is 0 Å². The number of imidazole rings is 1. The van der Waals surface area contributed by atoms with E-state index in [0.29, 0.717) is 23.5 Å². The van der Waals surface area contributed by atoms with Crippen molar-refractivity contribution in [3.8, 4) is 21.6 Å². The Bertz CT molecular complexity index is 1370. The van der Waals surface area contributed by atoms with Crippen LogP contribution in [0.1, 0.15) is 22.5 Å². The van der Waals surface area contributed by atoms with E-state index in [9.17, 15) is 9.18 Å². The Morgan fingerprint density at radius 3 is 2.88 bits per heavy atom. The van der Waals surface area contributed by atoms with Gasteiger partial charge in [0.15, 0.2) is 0 Å². The number of thiophene rings is 1. The Kier molecular flexibility index (Phi) is 5.21. The number of pyridine rings is 1.